The topological polar surface area (TPSA) is 200 Å². The van der Waals surface area contributed by atoms with Crippen LogP contribution >= 0.6 is 0 Å². The second-order valence-corrected chi connectivity index (χ2v) is 7.60. The van der Waals surface area contributed by atoms with Crippen molar-refractivity contribution in [3.63, 3.8) is 0 Å². The maximum absolute atomic E-state index is 13.4. The van der Waals surface area contributed by atoms with E-state index in [1.54, 1.807) is 0 Å². The molecule has 2 aromatic carbocycles. The summed E-state index contributed by atoms with van der Waals surface area (Å²) in [6.45, 7) is -0.723. The van der Waals surface area contributed by atoms with Gasteiger partial charge in [-0.2, -0.15) is 0 Å². The quantitative estimate of drug-likeness (QED) is 0.254. The molecular weight excluding hydrogens is 456 g/mol. The van der Waals surface area contributed by atoms with Gasteiger partial charge in [-0.1, -0.05) is 0 Å². The zero-order valence-electron chi connectivity index (χ0n) is 17.7. The van der Waals surface area contributed by atoms with Crippen LogP contribution in [0, 0.1) is 0 Å². The first kappa shape index (κ1) is 23.6. The fourth-order valence-electron chi connectivity index (χ4n) is 3.68. The number of hydrogen-bond acceptors (Lipinski definition) is 12. The molecule has 0 aliphatic carbocycles. The van der Waals surface area contributed by atoms with Gasteiger partial charge in [0.25, 0.3) is 0 Å². The predicted molar refractivity (Wildman–Crippen MR) is 114 cm³/mol. The van der Waals surface area contributed by atoms with Crippen molar-refractivity contribution < 1.29 is 54.4 Å². The van der Waals surface area contributed by atoms with E-state index in [0.29, 0.717) is 0 Å². The molecule has 0 bridgehead atoms. The van der Waals surface area contributed by atoms with Gasteiger partial charge < -0.3 is 54.4 Å². The number of methoxy groups -OCH3 is 1. The van der Waals surface area contributed by atoms with E-state index in [2.05, 4.69) is 0 Å². The summed E-state index contributed by atoms with van der Waals surface area (Å²) in [6, 6.07) is 6.24. The van der Waals surface area contributed by atoms with E-state index in [1.807, 2.05) is 0 Å². The Bertz CT molecular complexity index is 1250. The summed E-state index contributed by atoms with van der Waals surface area (Å²) >= 11 is 0. The minimum atomic E-state index is -1.83. The van der Waals surface area contributed by atoms with Crippen molar-refractivity contribution >= 4 is 11.0 Å². The number of phenolic OH excluding ortho intramolecular Hbond substituents is 3. The number of rotatable bonds is 5. The fourth-order valence-corrected chi connectivity index (χ4v) is 3.68. The Balaban J connectivity index is 1.94. The van der Waals surface area contributed by atoms with Gasteiger partial charge in [0.1, 0.15) is 41.3 Å². The smallest absolute Gasteiger partial charge is 0.239 e. The van der Waals surface area contributed by atoms with Crippen LogP contribution < -0.4 is 14.9 Å². The Morgan fingerprint density at radius 1 is 0.941 bits per heavy atom. The van der Waals surface area contributed by atoms with Crippen LogP contribution in [-0.4, -0.2) is 80.2 Å². The molecule has 2 heterocycles. The molecule has 12 nitrogen and oxygen atoms in total. The molecule has 34 heavy (non-hydrogen) atoms. The summed E-state index contributed by atoms with van der Waals surface area (Å²) in [7, 11) is 1.21. The van der Waals surface area contributed by atoms with E-state index in [4.69, 9.17) is 18.6 Å². The molecule has 4 rings (SSSR count). The second-order valence-electron chi connectivity index (χ2n) is 7.60. The molecule has 3 aromatic rings. The van der Waals surface area contributed by atoms with Gasteiger partial charge in [-0.25, -0.2) is 0 Å². The average molecular weight is 478 g/mol. The van der Waals surface area contributed by atoms with Crippen molar-refractivity contribution in [1.82, 2.24) is 0 Å². The number of hydrogen-bond donors (Lipinski definition) is 7. The van der Waals surface area contributed by atoms with Gasteiger partial charge in [0.15, 0.2) is 17.1 Å². The van der Waals surface area contributed by atoms with Crippen LogP contribution in [0.2, 0.25) is 0 Å². The lowest BCUT2D eigenvalue weighted by Crippen LogP contribution is -2.60. The number of aliphatic hydroxyl groups excluding tert-OH is 4. The van der Waals surface area contributed by atoms with Crippen LogP contribution in [0.15, 0.2) is 39.5 Å². The standard InChI is InChI=1S/C22H22O12/c1-31-19-11(26)6-10(25)13-15(28)21(18(33-20(13)19)8-2-4-9(24)5-3-8)34-22-17(30)16(29)14(27)12(7-23)32-22/h2-6,12,14,16-17,22-27,29-30H,7H2,1H3/t12-,14-,16+,17-,22+/m1/s1. The highest BCUT2D eigenvalue weighted by Gasteiger charge is 2.45. The molecule has 182 valence electrons. The van der Waals surface area contributed by atoms with Crippen molar-refractivity contribution in [2.45, 2.75) is 30.7 Å². The highest BCUT2D eigenvalue weighted by molar-refractivity contribution is 5.93. The summed E-state index contributed by atoms with van der Waals surface area (Å²) in [5.74, 6) is -2.31. The molecule has 7 N–H and O–H groups in total. The van der Waals surface area contributed by atoms with Crippen LogP contribution in [-0.2, 0) is 4.74 Å². The number of phenols is 3. The van der Waals surface area contributed by atoms with Crippen molar-refractivity contribution in [3.8, 4) is 40.1 Å². The van der Waals surface area contributed by atoms with Crippen molar-refractivity contribution in [2.75, 3.05) is 13.7 Å². The molecule has 0 unspecified atom stereocenters. The third kappa shape index (κ3) is 3.87. The van der Waals surface area contributed by atoms with Gasteiger partial charge in [0.05, 0.1) is 13.7 Å². The number of aromatic hydroxyl groups is 3. The van der Waals surface area contributed by atoms with E-state index in [1.165, 1.54) is 31.4 Å². The Labute approximate surface area is 191 Å². The summed E-state index contributed by atoms with van der Waals surface area (Å²) in [5, 5.41) is 69.5. The zero-order valence-corrected chi connectivity index (χ0v) is 17.7. The van der Waals surface area contributed by atoms with E-state index in [9.17, 15) is 40.5 Å². The average Bonchev–Trinajstić information content (AvgIpc) is 2.81. The van der Waals surface area contributed by atoms with Crippen LogP contribution in [0.1, 0.15) is 0 Å². The Kier molecular flexibility index (Phi) is 6.25. The monoisotopic (exact) mass is 478 g/mol. The minimum Gasteiger partial charge on any atom is -0.508 e. The van der Waals surface area contributed by atoms with E-state index >= 15 is 0 Å². The molecule has 0 amide bonds. The highest BCUT2D eigenvalue weighted by atomic mass is 16.7. The predicted octanol–water partition coefficient (Wildman–Crippen LogP) is -0.236. The zero-order chi connectivity index (χ0) is 24.7. The molecule has 1 saturated heterocycles. The lowest BCUT2D eigenvalue weighted by Gasteiger charge is -2.39. The molecular formula is C22H22O12. The fraction of sp³-hybridized carbons (Fsp3) is 0.318. The molecule has 5 atom stereocenters. The number of fused-ring (bicyclic) bond motifs is 1. The highest BCUT2D eigenvalue weighted by Crippen LogP contribution is 2.43. The molecule has 1 fully saturated rings. The molecule has 1 aliphatic heterocycles. The van der Waals surface area contributed by atoms with E-state index < -0.39 is 65.4 Å². The first-order valence-corrected chi connectivity index (χ1v) is 10.0. The van der Waals surface area contributed by atoms with Crippen LogP contribution in [0.3, 0.4) is 0 Å². The van der Waals surface area contributed by atoms with Gasteiger partial charge in [0.2, 0.25) is 23.2 Å². The number of benzene rings is 2. The van der Waals surface area contributed by atoms with Crippen LogP contribution in [0.4, 0.5) is 0 Å². The van der Waals surface area contributed by atoms with E-state index in [-0.39, 0.29) is 28.4 Å². The van der Waals surface area contributed by atoms with Gasteiger partial charge in [-0.3, -0.25) is 4.79 Å². The third-order valence-corrected chi connectivity index (χ3v) is 5.46. The summed E-state index contributed by atoms with van der Waals surface area (Å²) in [5.41, 5.74) is -1.05. The number of aliphatic hydroxyl groups is 4. The molecule has 12 heteroatoms. The second kappa shape index (κ2) is 9.00. The number of ether oxygens (including phenoxy) is 3. The lowest BCUT2D eigenvalue weighted by atomic mass is 9.99. The lowest BCUT2D eigenvalue weighted by molar-refractivity contribution is -0.277. The van der Waals surface area contributed by atoms with Gasteiger partial charge in [-0.15, -0.1) is 0 Å². The normalized spacial score (nSPS) is 24.8. The summed E-state index contributed by atoms with van der Waals surface area (Å²) in [6.07, 6.45) is -8.29. The van der Waals surface area contributed by atoms with Crippen LogP contribution in [0.25, 0.3) is 22.3 Å². The largest absolute Gasteiger partial charge is 0.508 e. The Morgan fingerprint density at radius 2 is 1.62 bits per heavy atom. The van der Waals surface area contributed by atoms with Crippen molar-refractivity contribution in [3.05, 3.63) is 40.6 Å². The molecule has 1 aliphatic rings. The minimum absolute atomic E-state index is 0.0869. The molecule has 0 spiro atoms. The third-order valence-electron chi connectivity index (χ3n) is 5.46. The summed E-state index contributed by atoms with van der Waals surface area (Å²) in [4.78, 5) is 13.4. The van der Waals surface area contributed by atoms with Crippen molar-refractivity contribution in [2.24, 2.45) is 0 Å². The molecule has 0 saturated carbocycles. The van der Waals surface area contributed by atoms with E-state index in [0.717, 1.165) is 6.07 Å². The van der Waals surface area contributed by atoms with Crippen molar-refractivity contribution in [1.29, 1.82) is 0 Å². The maximum Gasteiger partial charge on any atom is 0.239 e. The van der Waals surface area contributed by atoms with Gasteiger partial charge in [0, 0.05) is 11.6 Å². The maximum atomic E-state index is 13.4. The SMILES string of the molecule is COc1c(O)cc(O)c2c(=O)c(O[C@@H]3O[C@H](CO)[C@@H](O)[C@H](O)[C@H]3O)c(-c3ccc(O)cc3)oc12. The van der Waals surface area contributed by atoms with Crippen LogP contribution in [0.5, 0.6) is 28.7 Å². The van der Waals surface area contributed by atoms with Gasteiger partial charge in [-0.05, 0) is 24.3 Å². The van der Waals surface area contributed by atoms with Gasteiger partial charge >= 0.3 is 0 Å². The first-order valence-electron chi connectivity index (χ1n) is 10.0. The molecule has 1 aromatic heterocycles. The Hall–Kier alpha value is -3.55. The summed E-state index contributed by atoms with van der Waals surface area (Å²) < 4.78 is 21.8. The Morgan fingerprint density at radius 3 is 2.24 bits per heavy atom. The molecule has 0 radical (unpaired) electrons. The first-order chi connectivity index (χ1) is 16.2.